The quantitative estimate of drug-likeness (QED) is 0.844. The first-order chi connectivity index (χ1) is 8.29. The normalized spacial score (nSPS) is 13.1. The summed E-state index contributed by atoms with van der Waals surface area (Å²) in [6, 6.07) is 0. The third-order valence-corrected chi connectivity index (χ3v) is 2.79. The van der Waals surface area contributed by atoms with Gasteiger partial charge in [-0.2, -0.15) is 8.75 Å². The van der Waals surface area contributed by atoms with Crippen molar-refractivity contribution in [1.82, 2.24) is 14.1 Å². The van der Waals surface area contributed by atoms with Crippen LogP contribution < -0.4 is 5.32 Å². The molecule has 0 aromatic carbocycles. The largest absolute Gasteiger partial charge is 0.481 e. The van der Waals surface area contributed by atoms with E-state index in [9.17, 15) is 9.59 Å². The lowest BCUT2D eigenvalue weighted by Crippen LogP contribution is -2.35. The Labute approximate surface area is 110 Å². The molecule has 6 nitrogen and oxygen atoms in total. The van der Waals surface area contributed by atoms with E-state index in [-0.39, 0.29) is 23.6 Å². The van der Waals surface area contributed by atoms with Crippen molar-refractivity contribution in [2.75, 3.05) is 6.54 Å². The second kappa shape index (κ2) is 5.90. The van der Waals surface area contributed by atoms with Gasteiger partial charge in [0.1, 0.15) is 0 Å². The minimum absolute atomic E-state index is 0.100. The molecular formula is C11H17N3O3S. The summed E-state index contributed by atoms with van der Waals surface area (Å²) in [5, 5.41) is 11.7. The fraction of sp³-hybridized carbons (Fsp3) is 0.636. The van der Waals surface area contributed by atoms with Gasteiger partial charge in [0.05, 0.1) is 23.8 Å². The molecule has 0 spiro atoms. The van der Waals surface area contributed by atoms with Crippen molar-refractivity contribution in [2.45, 2.75) is 27.2 Å². The van der Waals surface area contributed by atoms with Crippen molar-refractivity contribution in [3.63, 3.8) is 0 Å². The molecule has 1 amide bonds. The monoisotopic (exact) mass is 271 g/mol. The third-order valence-electron chi connectivity index (χ3n) is 2.31. The van der Waals surface area contributed by atoms with Crippen LogP contribution >= 0.6 is 11.7 Å². The van der Waals surface area contributed by atoms with Crippen LogP contribution in [-0.2, 0) is 4.79 Å². The zero-order valence-electron chi connectivity index (χ0n) is 10.6. The Balaban J connectivity index is 2.53. The minimum Gasteiger partial charge on any atom is -0.481 e. The summed E-state index contributed by atoms with van der Waals surface area (Å²) >= 11 is 0.941. The smallest absolute Gasteiger partial charge is 0.308 e. The molecule has 7 heteroatoms. The average molecular weight is 271 g/mol. The van der Waals surface area contributed by atoms with Gasteiger partial charge in [-0.05, 0) is 11.8 Å². The van der Waals surface area contributed by atoms with Crippen LogP contribution in [0, 0.1) is 11.3 Å². The number of rotatable bonds is 5. The van der Waals surface area contributed by atoms with E-state index in [4.69, 9.17) is 5.11 Å². The molecule has 1 heterocycles. The number of nitrogens with one attached hydrogen (secondary N) is 1. The highest BCUT2D eigenvalue weighted by Gasteiger charge is 2.25. The molecule has 1 aromatic heterocycles. The number of amides is 1. The zero-order chi connectivity index (χ0) is 13.8. The van der Waals surface area contributed by atoms with E-state index in [1.165, 1.54) is 6.20 Å². The highest BCUT2D eigenvalue weighted by Crippen LogP contribution is 2.24. The fourth-order valence-electron chi connectivity index (χ4n) is 1.56. The van der Waals surface area contributed by atoms with Crippen molar-refractivity contribution < 1.29 is 14.7 Å². The molecule has 1 atom stereocenters. The van der Waals surface area contributed by atoms with Crippen molar-refractivity contribution in [3.8, 4) is 0 Å². The van der Waals surface area contributed by atoms with E-state index in [1.807, 2.05) is 20.8 Å². The predicted octanol–water partition coefficient (Wildman–Crippen LogP) is 1.40. The number of carboxylic acids is 1. The van der Waals surface area contributed by atoms with Gasteiger partial charge in [0.2, 0.25) is 0 Å². The lowest BCUT2D eigenvalue weighted by atomic mass is 9.84. The van der Waals surface area contributed by atoms with Crippen LogP contribution in [0.25, 0.3) is 0 Å². The summed E-state index contributed by atoms with van der Waals surface area (Å²) in [4.78, 5) is 22.7. The Morgan fingerprint density at radius 2 is 2.17 bits per heavy atom. The molecular weight excluding hydrogens is 254 g/mol. The van der Waals surface area contributed by atoms with E-state index < -0.39 is 11.9 Å². The second-order valence-corrected chi connectivity index (χ2v) is 5.86. The molecule has 0 bridgehead atoms. The first-order valence-electron chi connectivity index (χ1n) is 5.58. The van der Waals surface area contributed by atoms with Crippen LogP contribution in [0.3, 0.4) is 0 Å². The summed E-state index contributed by atoms with van der Waals surface area (Å²) < 4.78 is 7.50. The van der Waals surface area contributed by atoms with Crippen LogP contribution in [0.1, 0.15) is 37.7 Å². The van der Waals surface area contributed by atoms with E-state index in [0.717, 1.165) is 11.7 Å². The van der Waals surface area contributed by atoms with Gasteiger partial charge in [0, 0.05) is 6.54 Å². The Hall–Kier alpha value is -1.50. The van der Waals surface area contributed by atoms with Gasteiger partial charge in [-0.25, -0.2) is 0 Å². The van der Waals surface area contributed by atoms with Crippen LogP contribution in [0.4, 0.5) is 0 Å². The molecule has 2 N–H and O–H groups in total. The first kappa shape index (κ1) is 14.6. The number of hydrogen-bond donors (Lipinski definition) is 2. The molecule has 0 saturated heterocycles. The molecule has 1 aromatic rings. The maximum atomic E-state index is 11.6. The number of aromatic nitrogens is 2. The summed E-state index contributed by atoms with van der Waals surface area (Å²) in [7, 11) is 0. The van der Waals surface area contributed by atoms with Gasteiger partial charge in [-0.1, -0.05) is 20.8 Å². The summed E-state index contributed by atoms with van der Waals surface area (Å²) in [6.45, 7) is 6.00. The number of aliphatic carboxylic acids is 1. The average Bonchev–Trinajstić information content (AvgIpc) is 2.75. The maximum absolute atomic E-state index is 11.6. The van der Waals surface area contributed by atoms with Crippen LogP contribution in [0.5, 0.6) is 0 Å². The Kier molecular flexibility index (Phi) is 4.77. The summed E-state index contributed by atoms with van der Waals surface area (Å²) in [5.74, 6) is -1.88. The van der Waals surface area contributed by atoms with E-state index in [2.05, 4.69) is 14.1 Å². The predicted molar refractivity (Wildman–Crippen MR) is 67.4 cm³/mol. The molecule has 0 aliphatic rings. The fourth-order valence-corrected chi connectivity index (χ4v) is 1.97. The molecule has 1 unspecified atom stereocenters. The van der Waals surface area contributed by atoms with E-state index >= 15 is 0 Å². The topological polar surface area (TPSA) is 92.2 Å². The first-order valence-corrected chi connectivity index (χ1v) is 6.31. The van der Waals surface area contributed by atoms with Gasteiger partial charge < -0.3 is 10.4 Å². The Morgan fingerprint density at radius 1 is 1.50 bits per heavy atom. The van der Waals surface area contributed by atoms with Crippen molar-refractivity contribution in [2.24, 2.45) is 11.3 Å². The standard InChI is InChI=1S/C11H17N3O3S/c1-11(2,3)4-7(10(16)17)5-12-9(15)8-6-13-18-14-8/h6-7H,4-5H2,1-3H3,(H,12,15)(H,16,17). The van der Waals surface area contributed by atoms with Crippen LogP contribution in [-0.4, -0.2) is 32.3 Å². The van der Waals surface area contributed by atoms with Crippen molar-refractivity contribution >= 4 is 23.6 Å². The molecule has 1 rings (SSSR count). The molecule has 0 saturated carbocycles. The van der Waals surface area contributed by atoms with Gasteiger partial charge in [-0.3, -0.25) is 9.59 Å². The van der Waals surface area contributed by atoms with Crippen LogP contribution in [0.15, 0.2) is 6.20 Å². The summed E-state index contributed by atoms with van der Waals surface area (Å²) in [6.07, 6.45) is 1.86. The van der Waals surface area contributed by atoms with Gasteiger partial charge in [-0.15, -0.1) is 0 Å². The third kappa shape index (κ3) is 4.79. The Bertz CT molecular complexity index is 412. The zero-order valence-corrected chi connectivity index (χ0v) is 11.5. The second-order valence-electron chi connectivity index (χ2n) is 5.30. The van der Waals surface area contributed by atoms with E-state index in [1.54, 1.807) is 0 Å². The number of carbonyl (C=O) groups excluding carboxylic acids is 1. The van der Waals surface area contributed by atoms with E-state index in [0.29, 0.717) is 6.42 Å². The van der Waals surface area contributed by atoms with Crippen molar-refractivity contribution in [3.05, 3.63) is 11.9 Å². The minimum atomic E-state index is -0.901. The molecule has 0 fully saturated rings. The lowest BCUT2D eigenvalue weighted by Gasteiger charge is -2.23. The molecule has 0 radical (unpaired) electrons. The highest BCUT2D eigenvalue weighted by molar-refractivity contribution is 6.99. The maximum Gasteiger partial charge on any atom is 0.308 e. The number of carbonyl (C=O) groups is 2. The van der Waals surface area contributed by atoms with Crippen molar-refractivity contribution in [1.29, 1.82) is 0 Å². The SMILES string of the molecule is CC(C)(C)CC(CNC(=O)c1cnsn1)C(=O)O. The van der Waals surface area contributed by atoms with Gasteiger partial charge in [0.25, 0.3) is 5.91 Å². The Morgan fingerprint density at radius 3 is 2.61 bits per heavy atom. The van der Waals surface area contributed by atoms with Gasteiger partial charge in [0.15, 0.2) is 5.69 Å². The highest BCUT2D eigenvalue weighted by atomic mass is 32.1. The molecule has 0 aliphatic heterocycles. The van der Waals surface area contributed by atoms with Crippen LogP contribution in [0.2, 0.25) is 0 Å². The molecule has 100 valence electrons. The molecule has 18 heavy (non-hydrogen) atoms. The number of carboxylic acid groups (broad SMARTS) is 1. The lowest BCUT2D eigenvalue weighted by molar-refractivity contribution is -0.142. The van der Waals surface area contributed by atoms with Gasteiger partial charge >= 0.3 is 5.97 Å². The summed E-state index contributed by atoms with van der Waals surface area (Å²) in [5.41, 5.74) is 0.121. The molecule has 0 aliphatic carbocycles. The number of hydrogen-bond acceptors (Lipinski definition) is 5. The number of nitrogens with zero attached hydrogens (tertiary/aromatic N) is 2.